The number of allylic oxidation sites excluding steroid dienone is 8. The highest BCUT2D eigenvalue weighted by Gasteiger charge is 2.27. The third-order valence-corrected chi connectivity index (χ3v) is 5.96. The number of nitrogens with zero attached hydrogens (tertiary/aromatic N) is 8. The first-order valence-corrected chi connectivity index (χ1v) is 10.9. The van der Waals surface area contributed by atoms with Gasteiger partial charge in [0, 0.05) is 12.8 Å². The van der Waals surface area contributed by atoms with E-state index in [0.717, 1.165) is 22.3 Å². The Balaban J connectivity index is 0.000000211. The zero-order valence-corrected chi connectivity index (χ0v) is 19.6. The summed E-state index contributed by atoms with van der Waals surface area (Å²) in [6.07, 6.45) is 0.540. The molecule has 2 aromatic carbocycles. The lowest BCUT2D eigenvalue weighted by Crippen LogP contribution is -1.83. The highest BCUT2D eigenvalue weighted by atomic mass is 14.4. The van der Waals surface area contributed by atoms with Crippen LogP contribution in [-0.4, -0.2) is 0 Å². The number of hydrogen-bond acceptors (Lipinski definition) is 8. The molecule has 0 aliphatic heterocycles. The second-order valence-corrected chi connectivity index (χ2v) is 7.75. The molecule has 8 nitrogen and oxygen atoms in total. The minimum Gasteiger partial charge on any atom is -0.192 e. The number of hydrogen-bond donors (Lipinski definition) is 0. The van der Waals surface area contributed by atoms with Crippen LogP contribution in [0.5, 0.6) is 0 Å². The highest BCUT2D eigenvalue weighted by molar-refractivity contribution is 5.99. The summed E-state index contributed by atoms with van der Waals surface area (Å²) >= 11 is 0. The maximum Gasteiger partial charge on any atom is 0.133 e. The van der Waals surface area contributed by atoms with Crippen molar-refractivity contribution in [3.8, 4) is 48.6 Å². The zero-order valence-electron chi connectivity index (χ0n) is 19.6. The predicted octanol–water partition coefficient (Wildman–Crippen LogP) is 5.38. The van der Waals surface area contributed by atoms with Crippen LogP contribution in [0, 0.1) is 90.6 Å². The zero-order chi connectivity index (χ0) is 27.7. The molecule has 172 valence electrons. The Morgan fingerprint density at radius 2 is 0.553 bits per heavy atom. The van der Waals surface area contributed by atoms with Crippen molar-refractivity contribution < 1.29 is 0 Å². The number of benzene rings is 2. The molecule has 0 saturated heterocycles. The topological polar surface area (TPSA) is 190 Å². The molecule has 2 aliphatic rings. The largest absolute Gasteiger partial charge is 0.192 e. The molecular formula is C30H12N8. The third kappa shape index (κ3) is 4.62. The summed E-state index contributed by atoms with van der Waals surface area (Å²) in [5.74, 6) is 0. The fraction of sp³-hybridized carbons (Fsp3) is 0.0667. The van der Waals surface area contributed by atoms with Crippen molar-refractivity contribution in [1.82, 2.24) is 0 Å². The van der Waals surface area contributed by atoms with Gasteiger partial charge >= 0.3 is 0 Å². The highest BCUT2D eigenvalue weighted by Crippen LogP contribution is 2.44. The van der Waals surface area contributed by atoms with E-state index in [9.17, 15) is 0 Å². The van der Waals surface area contributed by atoms with Crippen molar-refractivity contribution >= 4 is 22.3 Å². The van der Waals surface area contributed by atoms with Gasteiger partial charge in [0.1, 0.15) is 70.8 Å². The van der Waals surface area contributed by atoms with E-state index in [1.807, 2.05) is 48.6 Å². The maximum absolute atomic E-state index is 8.97. The molecule has 0 N–H and O–H groups in total. The van der Waals surface area contributed by atoms with Gasteiger partial charge in [0.05, 0.1) is 0 Å². The third-order valence-electron chi connectivity index (χ3n) is 5.96. The van der Waals surface area contributed by atoms with Gasteiger partial charge < -0.3 is 0 Å². The van der Waals surface area contributed by atoms with Crippen molar-refractivity contribution in [2.45, 2.75) is 12.8 Å². The van der Waals surface area contributed by atoms with E-state index in [0.29, 0.717) is 22.3 Å². The molecule has 0 fully saturated rings. The first-order valence-electron chi connectivity index (χ1n) is 10.9. The molecule has 38 heavy (non-hydrogen) atoms. The number of fused-ring (bicyclic) bond motifs is 2. The van der Waals surface area contributed by atoms with Gasteiger partial charge in [-0.3, -0.25) is 0 Å². The van der Waals surface area contributed by atoms with Gasteiger partial charge in [-0.25, -0.2) is 0 Å². The normalized spacial score (nSPS) is 11.6. The smallest absolute Gasteiger partial charge is 0.133 e. The Kier molecular flexibility index (Phi) is 7.94. The van der Waals surface area contributed by atoms with E-state index in [1.165, 1.54) is 0 Å². The molecule has 0 amide bonds. The average Bonchev–Trinajstić information content (AvgIpc) is 3.52. The van der Waals surface area contributed by atoms with Gasteiger partial charge in [-0.05, 0) is 44.5 Å². The molecule has 4 rings (SSSR count). The van der Waals surface area contributed by atoms with Crippen molar-refractivity contribution in [1.29, 1.82) is 42.1 Å². The molecule has 0 spiro atoms. The lowest BCUT2D eigenvalue weighted by atomic mass is 10.0. The van der Waals surface area contributed by atoms with Crippen molar-refractivity contribution in [3.63, 3.8) is 0 Å². The summed E-state index contributed by atoms with van der Waals surface area (Å²) < 4.78 is 0. The number of nitriles is 8. The minimum absolute atomic E-state index is 0.0256. The summed E-state index contributed by atoms with van der Waals surface area (Å²) in [5.41, 5.74) is 5.43. The van der Waals surface area contributed by atoms with E-state index in [2.05, 4.69) is 0 Å². The standard InChI is InChI=1S/2C15H6N4/c2*16-6-10(7-17)14-5-15(11(8-18)9-19)13-4-2-1-3-12(13)14/h2*1-4H,5H2. The van der Waals surface area contributed by atoms with Crippen LogP contribution >= 0.6 is 0 Å². The van der Waals surface area contributed by atoms with Crippen LogP contribution in [0.1, 0.15) is 35.1 Å². The Morgan fingerprint density at radius 3 is 0.711 bits per heavy atom. The molecule has 0 bridgehead atoms. The van der Waals surface area contributed by atoms with Gasteiger partial charge in [0.15, 0.2) is 0 Å². The molecule has 8 heteroatoms. The first-order chi connectivity index (χ1) is 18.5. The molecule has 2 aromatic rings. The quantitative estimate of drug-likeness (QED) is 0.444. The van der Waals surface area contributed by atoms with Crippen LogP contribution in [0.2, 0.25) is 0 Å². The molecule has 0 saturated carbocycles. The maximum atomic E-state index is 8.97. The fourth-order valence-corrected chi connectivity index (χ4v) is 4.29. The molecule has 0 atom stereocenters. The van der Waals surface area contributed by atoms with Crippen molar-refractivity contribution in [2.75, 3.05) is 0 Å². The second kappa shape index (κ2) is 11.6. The molecular weight excluding hydrogens is 472 g/mol. The van der Waals surface area contributed by atoms with E-state index >= 15 is 0 Å². The summed E-state index contributed by atoms with van der Waals surface area (Å²) in [7, 11) is 0. The molecule has 0 heterocycles. The minimum atomic E-state index is 0.0256. The summed E-state index contributed by atoms with van der Waals surface area (Å²) in [5, 5.41) is 71.8. The van der Waals surface area contributed by atoms with Crippen LogP contribution in [-0.2, 0) is 0 Å². The summed E-state index contributed by atoms with van der Waals surface area (Å²) in [6.45, 7) is 0. The van der Waals surface area contributed by atoms with Crippen molar-refractivity contribution in [2.24, 2.45) is 0 Å². The fourth-order valence-electron chi connectivity index (χ4n) is 4.29. The van der Waals surface area contributed by atoms with Crippen LogP contribution in [0.3, 0.4) is 0 Å². The lowest BCUT2D eigenvalue weighted by Gasteiger charge is -1.99. The molecule has 0 radical (unpaired) electrons. The Labute approximate surface area is 218 Å². The summed E-state index contributed by atoms with van der Waals surface area (Å²) in [4.78, 5) is 0. The van der Waals surface area contributed by atoms with Crippen LogP contribution in [0.4, 0.5) is 0 Å². The Bertz CT molecular complexity index is 1510. The number of rotatable bonds is 0. The van der Waals surface area contributed by atoms with Gasteiger partial charge in [-0.15, -0.1) is 0 Å². The van der Waals surface area contributed by atoms with Gasteiger partial charge in [0.2, 0.25) is 0 Å². The first kappa shape index (κ1) is 25.9. The van der Waals surface area contributed by atoms with Crippen LogP contribution in [0.15, 0.2) is 70.8 Å². The SMILES string of the molecule is N#CC(C#N)=C1CC(=C(C#N)C#N)c2ccccc21.N#CC(C#N)=C1CC(=C(C#N)C#N)c2ccccc21. The van der Waals surface area contributed by atoms with Gasteiger partial charge in [-0.1, -0.05) is 48.5 Å². The monoisotopic (exact) mass is 484 g/mol. The van der Waals surface area contributed by atoms with Crippen LogP contribution in [0.25, 0.3) is 22.3 Å². The van der Waals surface area contributed by atoms with E-state index < -0.39 is 0 Å². The van der Waals surface area contributed by atoms with Crippen molar-refractivity contribution in [3.05, 3.63) is 93.1 Å². The average molecular weight is 484 g/mol. The van der Waals surface area contributed by atoms with E-state index in [4.69, 9.17) is 42.1 Å². The van der Waals surface area contributed by atoms with E-state index in [1.54, 1.807) is 48.5 Å². The molecule has 0 unspecified atom stereocenters. The second-order valence-electron chi connectivity index (χ2n) is 7.75. The van der Waals surface area contributed by atoms with Gasteiger partial charge in [0.25, 0.3) is 0 Å². The predicted molar refractivity (Wildman–Crippen MR) is 135 cm³/mol. The van der Waals surface area contributed by atoms with Crippen LogP contribution < -0.4 is 0 Å². The van der Waals surface area contributed by atoms with E-state index in [-0.39, 0.29) is 35.1 Å². The molecule has 2 aliphatic carbocycles. The Morgan fingerprint density at radius 1 is 0.368 bits per heavy atom. The lowest BCUT2D eigenvalue weighted by molar-refractivity contribution is 1.40. The summed E-state index contributed by atoms with van der Waals surface area (Å²) in [6, 6.07) is 29.2. The van der Waals surface area contributed by atoms with Gasteiger partial charge in [-0.2, -0.15) is 42.1 Å². The Hall–Kier alpha value is -6.68. The molecule has 0 aromatic heterocycles.